The van der Waals surface area contributed by atoms with Crippen LogP contribution in [-0.2, 0) is 57.4 Å². The van der Waals surface area contributed by atoms with Gasteiger partial charge in [0.1, 0.15) is 108 Å². The molecule has 0 radical (unpaired) electrons. The van der Waals surface area contributed by atoms with E-state index in [0.717, 1.165) is 66.7 Å². The number of carbonyl (C=O) groups is 9. The van der Waals surface area contributed by atoms with Crippen LogP contribution in [0, 0.1) is 5.92 Å². The number of primary amides is 1. The number of carboxylic acid groups (broad SMARTS) is 1. The maximum Gasteiger partial charge on any atom is 0.322 e. The summed E-state index contributed by atoms with van der Waals surface area (Å²) in [5.74, 6) is -17.4. The van der Waals surface area contributed by atoms with Gasteiger partial charge in [-0.05, 0) is 147 Å². The Labute approximate surface area is 695 Å². The number of carboxylic acids is 1. The molecule has 11 bridgehead atoms. The van der Waals surface area contributed by atoms with Crippen molar-refractivity contribution in [2.24, 2.45) is 11.7 Å². The van der Waals surface area contributed by atoms with Crippen LogP contribution in [0.2, 0.25) is 15.1 Å². The number of nitrogens with two attached hydrogens (primary N) is 1. The molecule has 0 unspecified atom stereocenters. The first-order chi connectivity index (χ1) is 56.5. The van der Waals surface area contributed by atoms with Crippen molar-refractivity contribution in [3.8, 4) is 57.1 Å². The predicted molar refractivity (Wildman–Crippen MR) is 425 cm³/mol. The zero-order valence-electron chi connectivity index (χ0n) is 64.7. The number of ether oxygens (including phenoxy) is 6. The van der Waals surface area contributed by atoms with E-state index < -0.39 is 250 Å². The molecule has 2 saturated heterocycles. The molecule has 13 rings (SSSR count). The number of amides is 8. The minimum Gasteiger partial charge on any atom is -0.508 e. The number of benzene rings is 6. The second-order valence-corrected chi connectivity index (χ2v) is 31.0. The molecular weight excluding hydrogens is 1620 g/mol. The van der Waals surface area contributed by atoms with Crippen LogP contribution >= 0.6 is 34.8 Å². The summed E-state index contributed by atoms with van der Waals surface area (Å²) in [4.78, 5) is 135. The Hall–Kier alpha value is -10.9. The number of aliphatic hydroxyl groups excluding tert-OH is 6. The van der Waals surface area contributed by atoms with Gasteiger partial charge in [-0.15, -0.1) is 0 Å². The summed E-state index contributed by atoms with van der Waals surface area (Å²) in [6.07, 6.45) is -11.8. The van der Waals surface area contributed by atoms with E-state index in [1.54, 1.807) is 81.2 Å². The molecule has 38 heteroatoms. The van der Waals surface area contributed by atoms with Gasteiger partial charge in [-0.2, -0.15) is 0 Å². The average Bonchev–Trinajstić information content (AvgIpc) is 0.766. The van der Waals surface area contributed by atoms with E-state index in [0.29, 0.717) is 10.7 Å². The lowest BCUT2D eigenvalue weighted by atomic mass is 9.84. The third-order valence-electron chi connectivity index (χ3n) is 20.7. The Morgan fingerprint density at radius 1 is 0.689 bits per heavy atom. The van der Waals surface area contributed by atoms with Gasteiger partial charge in [-0.1, -0.05) is 91.2 Å². The number of nitrogens with zero attached hydrogens (tertiary/aromatic N) is 1. The molecule has 7 heterocycles. The Kier molecular flexibility index (Phi) is 28.4. The lowest BCUT2D eigenvalue weighted by Crippen LogP contribution is -2.64. The fraction of sp³-hybridized carbons (Fsp3) is 0.395. The van der Waals surface area contributed by atoms with Crippen LogP contribution in [0.4, 0.5) is 5.69 Å². The number of halogens is 3. The predicted octanol–water partition coefficient (Wildman–Crippen LogP) is 4.26. The highest BCUT2D eigenvalue weighted by atomic mass is 35.5. The molecule has 8 amide bonds. The number of phenols is 3. The molecule has 7 aliphatic rings. The highest BCUT2D eigenvalue weighted by molar-refractivity contribution is 6.32. The molecule has 0 aliphatic carbocycles. The number of nitrogens with one attached hydrogen (secondary N) is 8. The van der Waals surface area contributed by atoms with Gasteiger partial charge >= 0.3 is 5.97 Å². The molecule has 6 aromatic carbocycles. The Balaban J connectivity index is 1.15. The monoisotopic (exact) mass is 1710 g/mol. The van der Waals surface area contributed by atoms with Gasteiger partial charge in [0, 0.05) is 47.4 Å². The molecule has 0 spiro atoms. The third-order valence-corrected chi connectivity index (χ3v) is 21.5. The van der Waals surface area contributed by atoms with Crippen molar-refractivity contribution in [3.05, 3.63) is 170 Å². The van der Waals surface area contributed by atoms with E-state index in [4.69, 9.17) is 69.0 Å². The number of rotatable bonds is 21. The largest absolute Gasteiger partial charge is 0.508 e. The first kappa shape index (κ1) is 88.9. The maximum absolute atomic E-state index is 16.4. The normalized spacial score (nSPS) is 26.8. The van der Waals surface area contributed by atoms with Gasteiger partial charge in [-0.3, -0.25) is 48.1 Å². The smallest absolute Gasteiger partial charge is 0.322 e. The molecule has 0 aromatic heterocycles. The van der Waals surface area contributed by atoms with Crippen LogP contribution in [0.1, 0.15) is 119 Å². The SMILES string of the molecule is C/C=C/CN(C/C=C/C)[C@H](CC(C)C)C(=O)N[C@H]1C(=O)N[C@@H](CC(N)=O)C(=O)N[C@H]2C(=O)N[C@H]3C(=O)N[C@H](C(=O)N[C@H](C(=O)NCC(=O)O)c4cc(O)cc(O)c4-c4cc3ccc4O)[C@H](O)c3ccc(c(Cl)c3)Oc3cc2cc(c3O[C@@H]2O[C@@H](CO)[C@@H](O)[C@H](O)[C@@H]2O[C@H]2C[C@](C)(Nc3ccc(Cl)cc3)[C@H](O)[C@H](C)O2)Oc2ccc(cc2Cl)[C@H]1O. The fourth-order valence-electron chi connectivity index (χ4n) is 14.6. The molecule has 636 valence electrons. The van der Waals surface area contributed by atoms with Crippen LogP contribution < -0.4 is 62.5 Å². The molecule has 35 nitrogen and oxygen atoms in total. The first-order valence-corrected chi connectivity index (χ1v) is 38.9. The molecular formula is C81H91Cl3N10O25. The number of phenolic OH excluding ortho intramolecular Hbond substituents is 3. The number of allylic oxidation sites excluding steroid dienone is 2. The molecule has 18 atom stereocenters. The topological polar surface area (TPSA) is 537 Å². The van der Waals surface area contributed by atoms with E-state index in [1.165, 1.54) is 12.1 Å². The van der Waals surface area contributed by atoms with Crippen molar-refractivity contribution in [3.63, 3.8) is 0 Å². The van der Waals surface area contributed by atoms with Gasteiger partial charge in [0.05, 0.1) is 40.8 Å². The van der Waals surface area contributed by atoms with E-state index in [1.807, 2.05) is 13.8 Å². The van der Waals surface area contributed by atoms with Gasteiger partial charge < -0.3 is 128 Å². The molecule has 0 saturated carbocycles. The van der Waals surface area contributed by atoms with Crippen molar-refractivity contribution in [1.82, 2.24) is 42.1 Å². The van der Waals surface area contributed by atoms with Crippen LogP contribution in [-0.4, -0.2) is 214 Å². The second-order valence-electron chi connectivity index (χ2n) is 29.8. The van der Waals surface area contributed by atoms with Crippen molar-refractivity contribution >= 4 is 93.7 Å². The summed E-state index contributed by atoms with van der Waals surface area (Å²) >= 11 is 20.6. The van der Waals surface area contributed by atoms with Crippen LogP contribution in [0.15, 0.2) is 127 Å². The number of hydrogen-bond donors (Lipinski definition) is 19. The standard InChI is InChI=1S/C81H91Cl3N10O25/c1-7-9-21-94(22-10-8-2)49(23-35(3)4)74(108)91-64-66(102)38-12-19-52(46(83)25-38)115-54-27-40-28-55(70(54)119-80-71(69(105)68(104)56(34-95)117-80)118-59-32-81(6,72(106)36(5)114-59)93-42-16-14-41(82)15-17-42)116-53-20-13-39(26-47(53)84)67(103)65-79(113)90-63(75(109)86-33-58(100)101)45-29-43(96)30-51(98)60(45)44-24-37(11-18-50(44)97)61(76(110)92-65)89-77(111)62(40)88-73(107)48(31-57(85)99)87-78(64)112/h7-20,24-30,35-36,48-49,56,59,61-69,71-72,80,93,95-98,102-106H,21-23,31-34H2,1-6H3,(H2,85,99)(H,86,109)(H,87,112)(H,88,107)(H,89,111)(H,90,113)(H,91,108)(H,92,110)(H,100,101)/b9-7+,10-8+/t36-,48-,49+,56-,59-,61+,62+,63-,64+,65-,66+,67+,68+,69-,71-,72+,80-,81-/m0/s1. The minimum absolute atomic E-state index is 0.154. The molecule has 6 aromatic rings. The van der Waals surface area contributed by atoms with E-state index in [-0.39, 0.29) is 59.3 Å². The summed E-state index contributed by atoms with van der Waals surface area (Å²) < 4.78 is 39.4. The Morgan fingerprint density at radius 3 is 1.89 bits per heavy atom. The third kappa shape index (κ3) is 20.4. The number of carbonyl (C=O) groups excluding carboxylic acids is 8. The number of fused-ring (bicyclic) bond motifs is 15. The highest BCUT2D eigenvalue weighted by Crippen LogP contribution is 2.50. The molecule has 7 aliphatic heterocycles. The fourth-order valence-corrected chi connectivity index (χ4v) is 15.2. The summed E-state index contributed by atoms with van der Waals surface area (Å²) in [5, 5.41) is 136. The number of hydrogen-bond acceptors (Lipinski definition) is 26. The Bertz CT molecular complexity index is 4890. The van der Waals surface area contributed by atoms with Gasteiger partial charge in [0.25, 0.3) is 0 Å². The second kappa shape index (κ2) is 38.0. The average molecular weight is 1710 g/mol. The summed E-state index contributed by atoms with van der Waals surface area (Å²) in [6, 6.07) is 5.70. The van der Waals surface area contributed by atoms with Crippen LogP contribution in [0.5, 0.6) is 46.0 Å². The van der Waals surface area contributed by atoms with Gasteiger partial charge in [-0.25, -0.2) is 0 Å². The molecule has 20 N–H and O–H groups in total. The summed E-state index contributed by atoms with van der Waals surface area (Å²) in [5.41, 5.74) is 2.13. The maximum atomic E-state index is 16.4. The summed E-state index contributed by atoms with van der Waals surface area (Å²) in [7, 11) is 0. The first-order valence-electron chi connectivity index (χ1n) is 37.7. The van der Waals surface area contributed by atoms with E-state index in [9.17, 15) is 65.4 Å². The zero-order chi connectivity index (χ0) is 86.3. The number of aliphatic carboxylic acids is 1. The number of aliphatic hydroxyl groups is 6. The van der Waals surface area contributed by atoms with Gasteiger partial charge in [0.15, 0.2) is 23.9 Å². The number of aromatic hydroxyl groups is 3. The lowest BCUT2D eigenvalue weighted by Gasteiger charge is -2.48. The minimum atomic E-state index is -2.40. The molecule has 2 fully saturated rings. The Morgan fingerprint density at radius 2 is 1.29 bits per heavy atom. The zero-order valence-corrected chi connectivity index (χ0v) is 67.0. The highest BCUT2D eigenvalue weighted by Gasteiger charge is 2.53. The van der Waals surface area contributed by atoms with E-state index in [2.05, 4.69) is 42.5 Å². The van der Waals surface area contributed by atoms with E-state index >= 15 is 28.8 Å². The number of anilines is 1. The van der Waals surface area contributed by atoms with Crippen molar-refractivity contribution < 1.29 is 123 Å². The van der Waals surface area contributed by atoms with Crippen LogP contribution in [0.3, 0.4) is 0 Å². The van der Waals surface area contributed by atoms with Crippen LogP contribution in [0.25, 0.3) is 11.1 Å². The summed E-state index contributed by atoms with van der Waals surface area (Å²) in [6.45, 7) is 8.88. The van der Waals surface area contributed by atoms with Gasteiger partial charge in [0.2, 0.25) is 59.3 Å². The molecule has 119 heavy (non-hydrogen) atoms. The quantitative estimate of drug-likeness (QED) is 0.0447. The lowest BCUT2D eigenvalue weighted by molar-refractivity contribution is -0.332. The van der Waals surface area contributed by atoms with Crippen molar-refractivity contribution in [2.75, 3.05) is 31.6 Å². The van der Waals surface area contributed by atoms with Crippen molar-refractivity contribution in [2.45, 2.75) is 170 Å². The van der Waals surface area contributed by atoms with Crippen molar-refractivity contribution in [1.29, 1.82) is 0 Å².